The molecule has 18 heavy (non-hydrogen) atoms. The first-order valence-electron chi connectivity index (χ1n) is 6.60. The molecule has 0 aromatic carbocycles. The monoisotopic (exact) mass is 252 g/mol. The lowest BCUT2D eigenvalue weighted by Crippen LogP contribution is -2.55. The van der Waals surface area contributed by atoms with Crippen LogP contribution in [0.3, 0.4) is 0 Å². The third-order valence-electron chi connectivity index (χ3n) is 3.32. The van der Waals surface area contributed by atoms with E-state index >= 15 is 0 Å². The first kappa shape index (κ1) is 13.6. The molecule has 102 valence electrons. The molecular formula is C14H24N2O2. The molecule has 3 atom stereocenters. The molecule has 0 aliphatic carbocycles. The Bertz CT molecular complexity index is 373. The van der Waals surface area contributed by atoms with Gasteiger partial charge in [0.1, 0.15) is 5.76 Å². The van der Waals surface area contributed by atoms with Crippen LogP contribution < -0.4 is 5.73 Å². The Balaban J connectivity index is 2.21. The molecule has 0 radical (unpaired) electrons. The highest BCUT2D eigenvalue weighted by Crippen LogP contribution is 2.30. The topological polar surface area (TPSA) is 51.6 Å². The van der Waals surface area contributed by atoms with Crippen molar-refractivity contribution >= 4 is 0 Å². The molecule has 2 N–H and O–H groups in total. The van der Waals surface area contributed by atoms with E-state index in [1.165, 1.54) is 0 Å². The highest BCUT2D eigenvalue weighted by Gasteiger charge is 2.37. The molecule has 3 unspecified atom stereocenters. The third kappa shape index (κ3) is 2.94. The van der Waals surface area contributed by atoms with Crippen molar-refractivity contribution in [1.82, 2.24) is 4.90 Å². The normalized spacial score (nSPS) is 27.9. The van der Waals surface area contributed by atoms with Gasteiger partial charge in [-0.2, -0.15) is 0 Å². The van der Waals surface area contributed by atoms with Crippen LogP contribution in [0.5, 0.6) is 0 Å². The Morgan fingerprint density at radius 3 is 2.72 bits per heavy atom. The number of furan rings is 1. The fraction of sp³-hybridized carbons (Fsp3) is 0.714. The first-order valence-corrected chi connectivity index (χ1v) is 6.60. The molecule has 1 fully saturated rings. The van der Waals surface area contributed by atoms with Crippen molar-refractivity contribution in [2.24, 2.45) is 5.73 Å². The summed E-state index contributed by atoms with van der Waals surface area (Å²) < 4.78 is 11.5. The van der Waals surface area contributed by atoms with Gasteiger partial charge < -0.3 is 14.9 Å². The van der Waals surface area contributed by atoms with E-state index in [-0.39, 0.29) is 23.8 Å². The maximum absolute atomic E-state index is 6.15. The molecule has 0 spiro atoms. The van der Waals surface area contributed by atoms with Crippen LogP contribution in [0.1, 0.15) is 39.5 Å². The molecule has 2 heterocycles. The Morgan fingerprint density at radius 2 is 2.22 bits per heavy atom. The molecule has 2 rings (SSSR count). The highest BCUT2D eigenvalue weighted by molar-refractivity contribution is 5.08. The molecule has 0 saturated carbocycles. The SMILES string of the molecule is CC1CN(C(c2ccco2)C(C)N)CC(C)(C)O1. The lowest BCUT2D eigenvalue weighted by Gasteiger charge is -2.45. The summed E-state index contributed by atoms with van der Waals surface area (Å²) in [6.07, 6.45) is 1.92. The minimum Gasteiger partial charge on any atom is -0.468 e. The van der Waals surface area contributed by atoms with E-state index in [0.717, 1.165) is 18.8 Å². The van der Waals surface area contributed by atoms with Crippen LogP contribution in [0.25, 0.3) is 0 Å². The molecule has 0 bridgehead atoms. The third-order valence-corrected chi connectivity index (χ3v) is 3.32. The van der Waals surface area contributed by atoms with E-state index in [9.17, 15) is 0 Å². The molecule has 1 aliphatic heterocycles. The minimum atomic E-state index is -0.141. The summed E-state index contributed by atoms with van der Waals surface area (Å²) in [5.41, 5.74) is 6.01. The molecular weight excluding hydrogens is 228 g/mol. The van der Waals surface area contributed by atoms with Gasteiger partial charge in [-0.15, -0.1) is 0 Å². The number of hydrogen-bond donors (Lipinski definition) is 1. The molecule has 1 aromatic rings. The zero-order chi connectivity index (χ0) is 13.3. The Labute approximate surface area is 109 Å². The first-order chi connectivity index (χ1) is 8.39. The van der Waals surface area contributed by atoms with Gasteiger partial charge in [-0.25, -0.2) is 0 Å². The average molecular weight is 252 g/mol. The Hall–Kier alpha value is -0.840. The van der Waals surface area contributed by atoms with Crippen molar-refractivity contribution in [2.75, 3.05) is 13.1 Å². The number of hydrogen-bond acceptors (Lipinski definition) is 4. The summed E-state index contributed by atoms with van der Waals surface area (Å²) in [7, 11) is 0. The van der Waals surface area contributed by atoms with E-state index < -0.39 is 0 Å². The molecule has 4 heteroatoms. The van der Waals surface area contributed by atoms with Crippen LogP contribution in [0.4, 0.5) is 0 Å². The quantitative estimate of drug-likeness (QED) is 0.895. The largest absolute Gasteiger partial charge is 0.468 e. The average Bonchev–Trinajstić information content (AvgIpc) is 2.66. The maximum Gasteiger partial charge on any atom is 0.122 e. The molecule has 1 aromatic heterocycles. The van der Waals surface area contributed by atoms with Crippen LogP contribution in [0.15, 0.2) is 22.8 Å². The van der Waals surface area contributed by atoms with Crippen LogP contribution in [-0.2, 0) is 4.74 Å². The Kier molecular flexibility index (Phi) is 3.80. The summed E-state index contributed by atoms with van der Waals surface area (Å²) >= 11 is 0. The van der Waals surface area contributed by atoms with Gasteiger partial charge in [0.2, 0.25) is 0 Å². The van der Waals surface area contributed by atoms with Crippen LogP contribution in [0.2, 0.25) is 0 Å². The second-order valence-electron chi connectivity index (χ2n) is 5.94. The van der Waals surface area contributed by atoms with Gasteiger partial charge in [0.25, 0.3) is 0 Å². The predicted molar refractivity (Wildman–Crippen MR) is 71.3 cm³/mol. The Morgan fingerprint density at radius 1 is 1.50 bits per heavy atom. The fourth-order valence-corrected chi connectivity index (χ4v) is 2.95. The summed E-state index contributed by atoms with van der Waals surface area (Å²) in [4.78, 5) is 2.37. The van der Waals surface area contributed by atoms with Gasteiger partial charge in [-0.3, -0.25) is 4.90 Å². The summed E-state index contributed by atoms with van der Waals surface area (Å²) in [5, 5.41) is 0. The van der Waals surface area contributed by atoms with E-state index in [1.807, 2.05) is 19.1 Å². The van der Waals surface area contributed by atoms with Crippen LogP contribution in [-0.4, -0.2) is 35.7 Å². The van der Waals surface area contributed by atoms with E-state index in [0.29, 0.717) is 0 Å². The van der Waals surface area contributed by atoms with Crippen LogP contribution >= 0.6 is 0 Å². The van der Waals surface area contributed by atoms with Gasteiger partial charge in [0.05, 0.1) is 24.0 Å². The number of nitrogens with zero attached hydrogens (tertiary/aromatic N) is 1. The second kappa shape index (κ2) is 5.03. The molecule has 0 amide bonds. The van der Waals surface area contributed by atoms with Gasteiger partial charge in [-0.05, 0) is 39.8 Å². The van der Waals surface area contributed by atoms with E-state index in [1.54, 1.807) is 6.26 Å². The van der Waals surface area contributed by atoms with E-state index in [4.69, 9.17) is 14.9 Å². The second-order valence-corrected chi connectivity index (χ2v) is 5.94. The van der Waals surface area contributed by atoms with Gasteiger partial charge >= 0.3 is 0 Å². The van der Waals surface area contributed by atoms with Crippen molar-refractivity contribution in [3.8, 4) is 0 Å². The van der Waals surface area contributed by atoms with Crippen molar-refractivity contribution in [3.05, 3.63) is 24.2 Å². The van der Waals surface area contributed by atoms with Crippen molar-refractivity contribution in [1.29, 1.82) is 0 Å². The van der Waals surface area contributed by atoms with Crippen molar-refractivity contribution < 1.29 is 9.15 Å². The number of ether oxygens (including phenoxy) is 1. The zero-order valence-corrected chi connectivity index (χ0v) is 11.7. The van der Waals surface area contributed by atoms with Crippen LogP contribution in [0, 0.1) is 0 Å². The van der Waals surface area contributed by atoms with Gasteiger partial charge in [0, 0.05) is 19.1 Å². The van der Waals surface area contributed by atoms with E-state index in [2.05, 4.69) is 25.7 Å². The maximum atomic E-state index is 6.15. The standard InChI is InChI=1S/C14H24N2O2/c1-10-8-16(9-14(3,4)18-10)13(11(2)15)12-6-5-7-17-12/h5-7,10-11,13H,8-9,15H2,1-4H3. The molecule has 4 nitrogen and oxygen atoms in total. The van der Waals surface area contributed by atoms with Gasteiger partial charge in [-0.1, -0.05) is 0 Å². The van der Waals surface area contributed by atoms with Crippen molar-refractivity contribution in [3.63, 3.8) is 0 Å². The number of rotatable bonds is 3. The summed E-state index contributed by atoms with van der Waals surface area (Å²) in [5.74, 6) is 0.940. The minimum absolute atomic E-state index is 0.0252. The molecule has 1 saturated heterocycles. The lowest BCUT2D eigenvalue weighted by molar-refractivity contribution is -0.141. The summed E-state index contributed by atoms with van der Waals surface area (Å²) in [6.45, 7) is 10.1. The summed E-state index contributed by atoms with van der Waals surface area (Å²) in [6, 6.07) is 4.06. The fourth-order valence-electron chi connectivity index (χ4n) is 2.95. The number of morpholine rings is 1. The highest BCUT2D eigenvalue weighted by atomic mass is 16.5. The lowest BCUT2D eigenvalue weighted by atomic mass is 9.99. The smallest absolute Gasteiger partial charge is 0.122 e. The predicted octanol–water partition coefficient (Wildman–Crippen LogP) is 2.17. The molecule has 1 aliphatic rings. The number of nitrogens with two attached hydrogens (primary N) is 1. The van der Waals surface area contributed by atoms with Gasteiger partial charge in [0.15, 0.2) is 0 Å². The zero-order valence-electron chi connectivity index (χ0n) is 11.7. The van der Waals surface area contributed by atoms with Crippen molar-refractivity contribution in [2.45, 2.75) is 51.5 Å².